The molecule has 0 aromatic heterocycles. The van der Waals surface area contributed by atoms with Crippen molar-refractivity contribution in [1.29, 1.82) is 0 Å². The SMILES string of the molecule is NC(=S)Cc1cccc(CN2CCCCC2)c1. The Kier molecular flexibility index (Phi) is 4.51. The third-order valence-corrected chi connectivity index (χ3v) is 3.37. The molecule has 0 amide bonds. The summed E-state index contributed by atoms with van der Waals surface area (Å²) >= 11 is 4.95. The van der Waals surface area contributed by atoms with Crippen molar-refractivity contribution in [2.75, 3.05) is 13.1 Å². The first-order chi connectivity index (χ1) is 8.24. The Hall–Kier alpha value is -0.930. The molecule has 2 N–H and O–H groups in total. The molecule has 1 heterocycles. The third kappa shape index (κ3) is 4.10. The fourth-order valence-corrected chi connectivity index (χ4v) is 2.58. The first-order valence-corrected chi connectivity index (χ1v) is 6.73. The standard InChI is InChI=1S/C14H20N2S/c15-14(17)10-12-5-4-6-13(9-12)11-16-7-2-1-3-8-16/h4-6,9H,1-3,7-8,10-11H2,(H2,15,17). The largest absolute Gasteiger partial charge is 0.393 e. The van der Waals surface area contributed by atoms with E-state index >= 15 is 0 Å². The first kappa shape index (κ1) is 12.5. The van der Waals surface area contributed by atoms with Gasteiger partial charge in [0.2, 0.25) is 0 Å². The van der Waals surface area contributed by atoms with E-state index in [1.165, 1.54) is 43.5 Å². The van der Waals surface area contributed by atoms with Crippen molar-refractivity contribution in [2.24, 2.45) is 5.73 Å². The van der Waals surface area contributed by atoms with Crippen LogP contribution in [0.5, 0.6) is 0 Å². The second-order valence-electron chi connectivity index (χ2n) is 4.80. The van der Waals surface area contributed by atoms with Gasteiger partial charge in [0.25, 0.3) is 0 Å². The van der Waals surface area contributed by atoms with Crippen LogP contribution in [0.15, 0.2) is 24.3 Å². The van der Waals surface area contributed by atoms with Crippen molar-refractivity contribution in [2.45, 2.75) is 32.2 Å². The third-order valence-electron chi connectivity index (χ3n) is 3.22. The molecule has 0 radical (unpaired) electrons. The predicted octanol–water partition coefficient (Wildman–Crippen LogP) is 2.50. The van der Waals surface area contributed by atoms with Gasteiger partial charge in [0.1, 0.15) is 0 Å². The molecule has 0 saturated carbocycles. The topological polar surface area (TPSA) is 29.3 Å². The molecule has 0 aliphatic carbocycles. The molecule has 17 heavy (non-hydrogen) atoms. The quantitative estimate of drug-likeness (QED) is 0.830. The van der Waals surface area contributed by atoms with Crippen LogP contribution < -0.4 is 5.73 Å². The summed E-state index contributed by atoms with van der Waals surface area (Å²) < 4.78 is 0. The molecule has 0 unspecified atom stereocenters. The number of hydrogen-bond donors (Lipinski definition) is 1. The lowest BCUT2D eigenvalue weighted by Gasteiger charge is -2.26. The number of piperidine rings is 1. The molecule has 2 rings (SSSR count). The smallest absolute Gasteiger partial charge is 0.0771 e. The first-order valence-electron chi connectivity index (χ1n) is 6.32. The van der Waals surface area contributed by atoms with Gasteiger partial charge in [-0.2, -0.15) is 0 Å². The molecule has 3 heteroatoms. The molecule has 0 atom stereocenters. The van der Waals surface area contributed by atoms with Crippen molar-refractivity contribution in [1.82, 2.24) is 4.90 Å². The number of hydrogen-bond acceptors (Lipinski definition) is 2. The number of benzene rings is 1. The van der Waals surface area contributed by atoms with Gasteiger partial charge in [-0.15, -0.1) is 0 Å². The molecule has 92 valence electrons. The second kappa shape index (κ2) is 6.12. The highest BCUT2D eigenvalue weighted by molar-refractivity contribution is 7.80. The fourth-order valence-electron chi connectivity index (χ4n) is 2.41. The zero-order valence-electron chi connectivity index (χ0n) is 10.2. The van der Waals surface area contributed by atoms with Gasteiger partial charge in [0, 0.05) is 13.0 Å². The minimum absolute atomic E-state index is 0.570. The molecule has 1 aliphatic heterocycles. The predicted molar refractivity (Wildman–Crippen MR) is 76.1 cm³/mol. The number of likely N-dealkylation sites (tertiary alicyclic amines) is 1. The number of nitrogens with two attached hydrogens (primary N) is 1. The van der Waals surface area contributed by atoms with Gasteiger partial charge in [-0.3, -0.25) is 4.90 Å². The maximum atomic E-state index is 5.58. The van der Waals surface area contributed by atoms with Crippen molar-refractivity contribution in [3.05, 3.63) is 35.4 Å². The summed E-state index contributed by atoms with van der Waals surface area (Å²) in [6.07, 6.45) is 4.78. The van der Waals surface area contributed by atoms with Gasteiger partial charge in [0.15, 0.2) is 0 Å². The van der Waals surface area contributed by atoms with Crippen molar-refractivity contribution in [3.8, 4) is 0 Å². The molecular formula is C14H20N2S. The van der Waals surface area contributed by atoms with E-state index in [-0.39, 0.29) is 0 Å². The van der Waals surface area contributed by atoms with E-state index in [9.17, 15) is 0 Å². The Morgan fingerprint density at radius 2 is 1.88 bits per heavy atom. The summed E-state index contributed by atoms with van der Waals surface area (Å²) in [6.45, 7) is 3.53. The van der Waals surface area contributed by atoms with Gasteiger partial charge < -0.3 is 5.73 Å². The van der Waals surface area contributed by atoms with Gasteiger partial charge in [0.05, 0.1) is 4.99 Å². The van der Waals surface area contributed by atoms with E-state index in [1.54, 1.807) is 0 Å². The molecule has 1 fully saturated rings. The highest BCUT2D eigenvalue weighted by Gasteiger charge is 2.10. The molecule has 1 aromatic carbocycles. The highest BCUT2D eigenvalue weighted by Crippen LogP contribution is 2.14. The lowest BCUT2D eigenvalue weighted by molar-refractivity contribution is 0.221. The molecular weight excluding hydrogens is 228 g/mol. The average Bonchev–Trinajstić information content (AvgIpc) is 2.30. The second-order valence-corrected chi connectivity index (χ2v) is 5.32. The molecule has 1 aromatic rings. The zero-order chi connectivity index (χ0) is 12.1. The summed E-state index contributed by atoms with van der Waals surface area (Å²) in [5.74, 6) is 0. The lowest BCUT2D eigenvalue weighted by atomic mass is 10.1. The lowest BCUT2D eigenvalue weighted by Crippen LogP contribution is -2.29. The van der Waals surface area contributed by atoms with Crippen LogP contribution in [0, 0.1) is 0 Å². The van der Waals surface area contributed by atoms with Crippen LogP contribution in [0.1, 0.15) is 30.4 Å². The van der Waals surface area contributed by atoms with Crippen LogP contribution in [0.25, 0.3) is 0 Å². The minimum Gasteiger partial charge on any atom is -0.393 e. The van der Waals surface area contributed by atoms with Crippen LogP contribution >= 0.6 is 12.2 Å². The Morgan fingerprint density at radius 1 is 1.18 bits per heavy atom. The van der Waals surface area contributed by atoms with Crippen LogP contribution in [0.4, 0.5) is 0 Å². The Balaban J connectivity index is 1.97. The highest BCUT2D eigenvalue weighted by atomic mass is 32.1. The molecule has 1 aliphatic rings. The van der Waals surface area contributed by atoms with Crippen molar-refractivity contribution < 1.29 is 0 Å². The Bertz CT molecular complexity index is 384. The molecule has 1 saturated heterocycles. The van der Waals surface area contributed by atoms with Crippen LogP contribution in [0.2, 0.25) is 0 Å². The number of thiocarbonyl (C=S) groups is 1. The van der Waals surface area contributed by atoms with E-state index in [4.69, 9.17) is 18.0 Å². The number of nitrogens with zero attached hydrogens (tertiary/aromatic N) is 1. The van der Waals surface area contributed by atoms with E-state index in [0.717, 1.165) is 6.54 Å². The van der Waals surface area contributed by atoms with Crippen LogP contribution in [0.3, 0.4) is 0 Å². The Labute approximate surface area is 109 Å². The molecule has 2 nitrogen and oxygen atoms in total. The maximum Gasteiger partial charge on any atom is 0.0771 e. The van der Waals surface area contributed by atoms with Gasteiger partial charge in [-0.1, -0.05) is 42.9 Å². The van der Waals surface area contributed by atoms with Gasteiger partial charge >= 0.3 is 0 Å². The monoisotopic (exact) mass is 248 g/mol. The van der Waals surface area contributed by atoms with E-state index in [1.807, 2.05) is 0 Å². The minimum atomic E-state index is 0.570. The normalized spacial score (nSPS) is 16.9. The molecule has 0 bridgehead atoms. The summed E-state index contributed by atoms with van der Waals surface area (Å²) in [5, 5.41) is 0. The maximum absolute atomic E-state index is 5.58. The summed E-state index contributed by atoms with van der Waals surface area (Å²) in [4.78, 5) is 3.10. The fraction of sp³-hybridized carbons (Fsp3) is 0.500. The Morgan fingerprint density at radius 3 is 2.59 bits per heavy atom. The van der Waals surface area contributed by atoms with Crippen molar-refractivity contribution in [3.63, 3.8) is 0 Å². The zero-order valence-corrected chi connectivity index (χ0v) is 11.0. The van der Waals surface area contributed by atoms with Crippen molar-refractivity contribution >= 4 is 17.2 Å². The number of rotatable bonds is 4. The van der Waals surface area contributed by atoms with Gasteiger partial charge in [-0.05, 0) is 37.1 Å². The van der Waals surface area contributed by atoms with E-state index in [0.29, 0.717) is 11.4 Å². The summed E-state index contributed by atoms with van der Waals surface area (Å²) in [5.41, 5.74) is 8.18. The van der Waals surface area contributed by atoms with Crippen LogP contribution in [-0.4, -0.2) is 23.0 Å². The summed E-state index contributed by atoms with van der Waals surface area (Å²) in [7, 11) is 0. The van der Waals surface area contributed by atoms with Crippen LogP contribution in [-0.2, 0) is 13.0 Å². The van der Waals surface area contributed by atoms with E-state index in [2.05, 4.69) is 29.2 Å². The van der Waals surface area contributed by atoms with Gasteiger partial charge in [-0.25, -0.2) is 0 Å². The summed E-state index contributed by atoms with van der Waals surface area (Å²) in [6, 6.07) is 8.62. The molecule has 0 spiro atoms. The average molecular weight is 248 g/mol. The van der Waals surface area contributed by atoms with E-state index < -0.39 is 0 Å².